The first kappa shape index (κ1) is 31.7. The zero-order valence-electron chi connectivity index (χ0n) is 24.2. The Morgan fingerprint density at radius 3 is 2.43 bits per heavy atom. The predicted molar refractivity (Wildman–Crippen MR) is 164 cm³/mol. The lowest BCUT2D eigenvalue weighted by atomic mass is 9.97. The average Bonchev–Trinajstić information content (AvgIpc) is 3.42. The van der Waals surface area contributed by atoms with Crippen LogP contribution in [0.25, 0.3) is 22.3 Å². The van der Waals surface area contributed by atoms with Gasteiger partial charge in [0.15, 0.2) is 0 Å². The maximum Gasteiger partial charge on any atom is 0.326 e. The number of halogens is 3. The van der Waals surface area contributed by atoms with Crippen LogP contribution in [0.4, 0.5) is 14.9 Å². The maximum absolute atomic E-state index is 15.4. The van der Waals surface area contributed by atoms with Gasteiger partial charge in [-0.2, -0.15) is 0 Å². The number of hydrogen-bond donors (Lipinski definition) is 3. The number of nitrogens with one attached hydrogen (secondary N) is 2. The van der Waals surface area contributed by atoms with Crippen LogP contribution >= 0.6 is 23.2 Å². The van der Waals surface area contributed by atoms with E-state index >= 15 is 4.39 Å². The van der Waals surface area contributed by atoms with Crippen molar-refractivity contribution in [1.82, 2.24) is 15.1 Å². The van der Waals surface area contributed by atoms with Gasteiger partial charge in [-0.1, -0.05) is 53.5 Å². The number of urea groups is 1. The Morgan fingerprint density at radius 2 is 1.75 bits per heavy atom. The lowest BCUT2D eigenvalue weighted by molar-refractivity contribution is -0.140. The second kappa shape index (κ2) is 13.1. The topological polar surface area (TPSA) is 120 Å². The van der Waals surface area contributed by atoms with E-state index in [1.165, 1.54) is 32.2 Å². The molecular weight excluding hydrogens is 614 g/mol. The highest BCUT2D eigenvalue weighted by atomic mass is 35.5. The summed E-state index contributed by atoms with van der Waals surface area (Å²) in [6.45, 7) is 0.609. The van der Waals surface area contributed by atoms with Gasteiger partial charge in [-0.25, -0.2) is 9.18 Å². The largest absolute Gasteiger partial charge is 0.496 e. The minimum Gasteiger partial charge on any atom is -0.496 e. The lowest BCUT2D eigenvalue weighted by Crippen LogP contribution is -2.56. The van der Waals surface area contributed by atoms with Crippen LogP contribution in [0.1, 0.15) is 5.56 Å². The van der Waals surface area contributed by atoms with Crippen LogP contribution in [0.15, 0.2) is 48.5 Å². The normalized spacial score (nSPS) is 20.3. The fraction of sp³-hybridized carbons (Fsp3) is 0.323. The summed E-state index contributed by atoms with van der Waals surface area (Å²) in [5, 5.41) is 16.3. The third-order valence-corrected chi connectivity index (χ3v) is 8.65. The number of nitrogens with zero attached hydrogens (tertiary/aromatic N) is 2. The highest BCUT2D eigenvalue weighted by Crippen LogP contribution is 2.42. The van der Waals surface area contributed by atoms with Gasteiger partial charge in [0.25, 0.3) is 0 Å². The Kier molecular flexibility index (Phi) is 9.42. The van der Waals surface area contributed by atoms with Gasteiger partial charge in [-0.15, -0.1) is 0 Å². The molecule has 2 saturated heterocycles. The van der Waals surface area contributed by atoms with Gasteiger partial charge in [-0.05, 0) is 23.8 Å². The Bertz CT molecular complexity index is 1620. The molecule has 13 heteroatoms. The van der Waals surface area contributed by atoms with Crippen LogP contribution in [0.5, 0.6) is 5.75 Å². The van der Waals surface area contributed by atoms with E-state index in [0.717, 1.165) is 4.90 Å². The van der Waals surface area contributed by atoms with Gasteiger partial charge >= 0.3 is 6.03 Å². The van der Waals surface area contributed by atoms with E-state index in [0.29, 0.717) is 45.2 Å². The molecule has 4 amide bonds. The summed E-state index contributed by atoms with van der Waals surface area (Å²) in [5.74, 6) is -2.52. The Hall–Kier alpha value is -3.74. The molecule has 0 spiro atoms. The van der Waals surface area contributed by atoms with E-state index in [2.05, 4.69) is 10.6 Å². The molecule has 1 unspecified atom stereocenters. The molecule has 3 aromatic rings. The summed E-state index contributed by atoms with van der Waals surface area (Å²) >= 11 is 13.7. The number of carbonyl (C=O) groups excluding carboxylic acids is 3. The number of imide groups is 1. The van der Waals surface area contributed by atoms with E-state index in [1.54, 1.807) is 42.5 Å². The number of carbonyl (C=O) groups is 3. The summed E-state index contributed by atoms with van der Waals surface area (Å²) < 4.78 is 26.2. The third-order valence-electron chi connectivity index (χ3n) is 7.84. The molecule has 3 atom stereocenters. The number of ether oxygens (including phenoxy) is 2. The first-order valence-electron chi connectivity index (χ1n) is 13.8. The van der Waals surface area contributed by atoms with Crippen LogP contribution < -0.4 is 15.4 Å². The minimum atomic E-state index is -1.10. The minimum absolute atomic E-state index is 0.0646. The molecule has 3 aromatic carbocycles. The fourth-order valence-electron chi connectivity index (χ4n) is 5.32. The second-order valence-electron chi connectivity index (χ2n) is 10.7. The molecule has 232 valence electrons. The second-order valence-corrected chi connectivity index (χ2v) is 11.4. The summed E-state index contributed by atoms with van der Waals surface area (Å²) in [4.78, 5) is 40.0. The number of anilines is 1. The number of amides is 4. The van der Waals surface area contributed by atoms with Crippen molar-refractivity contribution >= 4 is 46.7 Å². The molecular formula is C31H31Cl2FN4O6. The standard InChI is InChI=1S/C31H31Cl2FN4O6/c1-37-13-21(30(41)38(2)31(37)42)29(40)36-23-9-5-8-19(28(23)33)18-7-4-6-17(27(18)32)16-10-22(34)20(26(11-16)43-3)12-35-24-14-44-15-25(24)39/h4-11,21,24-25,35,39H,12-15H2,1-3H3,(H,36,40)/t21?,24-,25-/m0/s1. The van der Waals surface area contributed by atoms with E-state index in [9.17, 15) is 19.5 Å². The molecule has 0 aromatic heterocycles. The predicted octanol–water partition coefficient (Wildman–Crippen LogP) is 4.40. The smallest absolute Gasteiger partial charge is 0.326 e. The molecule has 44 heavy (non-hydrogen) atoms. The van der Waals surface area contributed by atoms with Gasteiger partial charge in [0, 0.05) is 49.4 Å². The molecule has 0 bridgehead atoms. The van der Waals surface area contributed by atoms with Crippen molar-refractivity contribution in [3.05, 3.63) is 70.0 Å². The van der Waals surface area contributed by atoms with Crippen molar-refractivity contribution in [2.75, 3.05) is 46.3 Å². The summed E-state index contributed by atoms with van der Waals surface area (Å²) in [6.07, 6.45) is -0.674. The van der Waals surface area contributed by atoms with Gasteiger partial charge < -0.3 is 30.1 Å². The molecule has 2 heterocycles. The van der Waals surface area contributed by atoms with Crippen LogP contribution in [0, 0.1) is 11.7 Å². The third kappa shape index (κ3) is 6.11. The van der Waals surface area contributed by atoms with Crippen LogP contribution in [-0.4, -0.2) is 85.9 Å². The monoisotopic (exact) mass is 644 g/mol. The number of rotatable bonds is 8. The van der Waals surface area contributed by atoms with Crippen molar-refractivity contribution < 1.29 is 33.4 Å². The van der Waals surface area contributed by atoms with Gasteiger partial charge in [0.2, 0.25) is 11.8 Å². The number of benzene rings is 3. The van der Waals surface area contributed by atoms with Crippen LogP contribution in [-0.2, 0) is 20.9 Å². The molecule has 10 nitrogen and oxygen atoms in total. The van der Waals surface area contributed by atoms with Crippen molar-refractivity contribution in [3.8, 4) is 28.0 Å². The van der Waals surface area contributed by atoms with E-state index in [4.69, 9.17) is 32.7 Å². The SMILES string of the molecule is COc1cc(-c2cccc(-c3cccc(NC(=O)C4CN(C)C(=O)N(C)C4=O)c3Cl)c2Cl)cc(F)c1CN[C@H]1COC[C@@H]1O. The highest BCUT2D eigenvalue weighted by Gasteiger charge is 2.39. The molecule has 3 N–H and O–H groups in total. The van der Waals surface area contributed by atoms with E-state index < -0.39 is 35.7 Å². The first-order valence-corrected chi connectivity index (χ1v) is 14.5. The van der Waals surface area contributed by atoms with Crippen molar-refractivity contribution in [3.63, 3.8) is 0 Å². The lowest BCUT2D eigenvalue weighted by Gasteiger charge is -2.33. The average molecular weight is 646 g/mol. The zero-order chi connectivity index (χ0) is 31.7. The van der Waals surface area contributed by atoms with Crippen molar-refractivity contribution in [2.24, 2.45) is 5.92 Å². The fourth-order valence-corrected chi connectivity index (χ4v) is 5.93. The molecule has 2 fully saturated rings. The van der Waals surface area contributed by atoms with Gasteiger partial charge in [0.05, 0.1) is 48.2 Å². The van der Waals surface area contributed by atoms with E-state index in [-0.39, 0.29) is 36.4 Å². The molecule has 0 aliphatic carbocycles. The number of aliphatic hydroxyl groups is 1. The van der Waals surface area contributed by atoms with E-state index in [1.807, 2.05) is 0 Å². The van der Waals surface area contributed by atoms with Crippen molar-refractivity contribution in [2.45, 2.75) is 18.7 Å². The first-order chi connectivity index (χ1) is 21.0. The van der Waals surface area contributed by atoms with Gasteiger partial charge in [0.1, 0.15) is 17.5 Å². The van der Waals surface area contributed by atoms with Crippen LogP contribution in [0.3, 0.4) is 0 Å². The van der Waals surface area contributed by atoms with Crippen LogP contribution in [0.2, 0.25) is 10.0 Å². The molecule has 5 rings (SSSR count). The molecule has 0 radical (unpaired) electrons. The van der Waals surface area contributed by atoms with Gasteiger partial charge in [-0.3, -0.25) is 14.5 Å². The maximum atomic E-state index is 15.4. The molecule has 0 saturated carbocycles. The number of aliphatic hydroxyl groups excluding tert-OH is 1. The quantitative estimate of drug-likeness (QED) is 0.311. The Balaban J connectivity index is 1.42. The van der Waals surface area contributed by atoms with Crippen molar-refractivity contribution in [1.29, 1.82) is 0 Å². The Morgan fingerprint density at radius 1 is 1.07 bits per heavy atom. The number of hydrogen-bond acceptors (Lipinski definition) is 7. The molecule has 2 aliphatic rings. The zero-order valence-corrected chi connectivity index (χ0v) is 25.7. The summed E-state index contributed by atoms with van der Waals surface area (Å²) in [6, 6.07) is 12.5. The Labute approximate surface area is 263 Å². The summed E-state index contributed by atoms with van der Waals surface area (Å²) in [7, 11) is 4.28. The highest BCUT2D eigenvalue weighted by molar-refractivity contribution is 6.39. The molecule has 2 aliphatic heterocycles. The summed E-state index contributed by atoms with van der Waals surface area (Å²) in [5.41, 5.74) is 2.58. The number of methoxy groups -OCH3 is 1.